The monoisotopic (exact) mass is 342 g/mol. The normalized spacial score (nSPS) is 23.0. The summed E-state index contributed by atoms with van der Waals surface area (Å²) in [6.45, 7) is 2.07. The van der Waals surface area contributed by atoms with Gasteiger partial charge in [0.1, 0.15) is 12.1 Å². The molecular weight excluding hydrogens is 323 g/mol. The number of rotatable bonds is 3. The number of furan rings is 1. The van der Waals surface area contributed by atoms with Gasteiger partial charge in [-0.15, -0.1) is 0 Å². The molecule has 2 fully saturated rings. The zero-order chi connectivity index (χ0) is 17.4. The number of likely N-dealkylation sites (tertiary alicyclic amines) is 2. The van der Waals surface area contributed by atoms with Crippen LogP contribution in [0, 0.1) is 11.2 Å². The van der Waals surface area contributed by atoms with Crippen molar-refractivity contribution in [1.82, 2.24) is 9.80 Å². The van der Waals surface area contributed by atoms with Crippen LogP contribution in [0.15, 0.2) is 47.3 Å². The molecule has 5 nitrogen and oxygen atoms in total. The van der Waals surface area contributed by atoms with E-state index in [1.165, 1.54) is 24.7 Å². The maximum atomic E-state index is 13.4. The van der Waals surface area contributed by atoms with Crippen molar-refractivity contribution in [2.24, 2.45) is 5.41 Å². The van der Waals surface area contributed by atoms with Crippen molar-refractivity contribution < 1.29 is 18.4 Å². The Labute approximate surface area is 145 Å². The van der Waals surface area contributed by atoms with Crippen LogP contribution in [0.5, 0.6) is 0 Å². The lowest BCUT2D eigenvalue weighted by Crippen LogP contribution is -2.38. The number of halogens is 1. The van der Waals surface area contributed by atoms with E-state index in [0.717, 1.165) is 12.0 Å². The predicted molar refractivity (Wildman–Crippen MR) is 88.1 cm³/mol. The minimum atomic E-state index is -0.493. The number of amides is 2. The quantitative estimate of drug-likeness (QED) is 0.862. The van der Waals surface area contributed by atoms with E-state index in [4.69, 9.17) is 4.42 Å². The van der Waals surface area contributed by atoms with Gasteiger partial charge in [-0.2, -0.15) is 0 Å². The van der Waals surface area contributed by atoms with Gasteiger partial charge in [-0.25, -0.2) is 4.39 Å². The second kappa shape index (κ2) is 6.02. The molecule has 1 atom stereocenters. The van der Waals surface area contributed by atoms with E-state index in [1.54, 1.807) is 21.9 Å². The average Bonchev–Trinajstić information content (AvgIpc) is 3.33. The molecule has 130 valence electrons. The predicted octanol–water partition coefficient (Wildman–Crippen LogP) is 2.68. The van der Waals surface area contributed by atoms with Crippen molar-refractivity contribution >= 4 is 11.8 Å². The number of nitrogens with zero attached hydrogens (tertiary/aromatic N) is 2. The molecule has 0 unspecified atom stereocenters. The zero-order valence-electron chi connectivity index (χ0n) is 13.8. The molecule has 1 spiro atoms. The molecule has 2 aliphatic heterocycles. The molecule has 3 heterocycles. The van der Waals surface area contributed by atoms with E-state index in [2.05, 4.69) is 0 Å². The molecule has 2 amide bonds. The van der Waals surface area contributed by atoms with Gasteiger partial charge in [0.2, 0.25) is 5.91 Å². The second-order valence-electron chi connectivity index (χ2n) is 6.88. The van der Waals surface area contributed by atoms with Gasteiger partial charge in [-0.3, -0.25) is 9.59 Å². The average molecular weight is 342 g/mol. The van der Waals surface area contributed by atoms with E-state index >= 15 is 0 Å². The lowest BCUT2D eigenvalue weighted by molar-refractivity contribution is -0.135. The van der Waals surface area contributed by atoms with Crippen molar-refractivity contribution in [2.45, 2.75) is 19.4 Å². The van der Waals surface area contributed by atoms with Gasteiger partial charge in [0, 0.05) is 26.2 Å². The third-order valence-corrected chi connectivity index (χ3v) is 5.27. The first-order chi connectivity index (χ1) is 12.1. The Morgan fingerprint density at radius 1 is 1.24 bits per heavy atom. The first-order valence-electron chi connectivity index (χ1n) is 8.43. The Kier molecular flexibility index (Phi) is 3.82. The van der Waals surface area contributed by atoms with Crippen LogP contribution >= 0.6 is 0 Å². The SMILES string of the molecule is O=C(c1ccoc1)N1CC[C@]2(CCN(Cc3cccc(F)c3)C2=O)C1. The highest BCUT2D eigenvalue weighted by Gasteiger charge is 2.51. The maximum absolute atomic E-state index is 13.4. The van der Waals surface area contributed by atoms with Gasteiger partial charge in [0.05, 0.1) is 17.2 Å². The number of benzene rings is 1. The highest BCUT2D eigenvalue weighted by molar-refractivity contribution is 5.95. The molecule has 2 aliphatic rings. The first kappa shape index (κ1) is 15.9. The van der Waals surface area contributed by atoms with Crippen molar-refractivity contribution in [1.29, 1.82) is 0 Å². The molecule has 1 aromatic carbocycles. The van der Waals surface area contributed by atoms with Crippen LogP contribution < -0.4 is 0 Å². The zero-order valence-corrected chi connectivity index (χ0v) is 13.8. The molecule has 0 aliphatic carbocycles. The van der Waals surface area contributed by atoms with Gasteiger partial charge in [-0.1, -0.05) is 12.1 Å². The van der Waals surface area contributed by atoms with Crippen molar-refractivity contribution in [2.75, 3.05) is 19.6 Å². The van der Waals surface area contributed by atoms with Crippen LogP contribution in [0.4, 0.5) is 4.39 Å². The Hall–Kier alpha value is -2.63. The van der Waals surface area contributed by atoms with E-state index in [1.807, 2.05) is 6.07 Å². The Morgan fingerprint density at radius 2 is 2.08 bits per heavy atom. The molecule has 0 radical (unpaired) electrons. The summed E-state index contributed by atoms with van der Waals surface area (Å²) in [6, 6.07) is 7.97. The molecule has 25 heavy (non-hydrogen) atoms. The fourth-order valence-corrected chi connectivity index (χ4v) is 3.89. The molecule has 1 aromatic heterocycles. The largest absolute Gasteiger partial charge is 0.472 e. The van der Waals surface area contributed by atoms with Crippen LogP contribution in [-0.4, -0.2) is 41.2 Å². The summed E-state index contributed by atoms with van der Waals surface area (Å²) < 4.78 is 18.3. The maximum Gasteiger partial charge on any atom is 0.257 e. The van der Waals surface area contributed by atoms with Crippen LogP contribution in [-0.2, 0) is 11.3 Å². The lowest BCUT2D eigenvalue weighted by Gasteiger charge is -2.23. The molecule has 0 bridgehead atoms. The third kappa shape index (κ3) is 2.81. The summed E-state index contributed by atoms with van der Waals surface area (Å²) in [5.74, 6) is -0.321. The summed E-state index contributed by atoms with van der Waals surface area (Å²) >= 11 is 0. The highest BCUT2D eigenvalue weighted by atomic mass is 19.1. The Balaban J connectivity index is 1.45. The summed E-state index contributed by atoms with van der Waals surface area (Å²) in [7, 11) is 0. The third-order valence-electron chi connectivity index (χ3n) is 5.27. The molecular formula is C19H19FN2O3. The number of hydrogen-bond donors (Lipinski definition) is 0. The smallest absolute Gasteiger partial charge is 0.257 e. The van der Waals surface area contributed by atoms with Crippen LogP contribution in [0.2, 0.25) is 0 Å². The Bertz CT molecular complexity index is 805. The molecule has 0 N–H and O–H groups in total. The first-order valence-corrected chi connectivity index (χ1v) is 8.43. The van der Waals surface area contributed by atoms with Gasteiger partial charge >= 0.3 is 0 Å². The minimum Gasteiger partial charge on any atom is -0.472 e. The Morgan fingerprint density at radius 3 is 2.84 bits per heavy atom. The van der Waals surface area contributed by atoms with Crippen molar-refractivity contribution in [3.05, 3.63) is 59.8 Å². The summed E-state index contributed by atoms with van der Waals surface area (Å²) in [5.41, 5.74) is 0.807. The summed E-state index contributed by atoms with van der Waals surface area (Å²) in [4.78, 5) is 28.9. The van der Waals surface area contributed by atoms with E-state index in [9.17, 15) is 14.0 Å². The molecule has 6 heteroatoms. The topological polar surface area (TPSA) is 53.8 Å². The van der Waals surface area contributed by atoms with Crippen LogP contribution in [0.3, 0.4) is 0 Å². The van der Waals surface area contributed by atoms with Gasteiger partial charge in [0.25, 0.3) is 5.91 Å². The number of carbonyl (C=O) groups is 2. The number of carbonyl (C=O) groups excluding carboxylic acids is 2. The van der Waals surface area contributed by atoms with E-state index in [0.29, 0.717) is 38.2 Å². The van der Waals surface area contributed by atoms with E-state index < -0.39 is 5.41 Å². The second-order valence-corrected chi connectivity index (χ2v) is 6.88. The van der Waals surface area contributed by atoms with Gasteiger partial charge in [-0.05, 0) is 36.6 Å². The van der Waals surface area contributed by atoms with Crippen molar-refractivity contribution in [3.8, 4) is 0 Å². The van der Waals surface area contributed by atoms with Crippen molar-refractivity contribution in [3.63, 3.8) is 0 Å². The van der Waals surface area contributed by atoms with Crippen LogP contribution in [0.25, 0.3) is 0 Å². The minimum absolute atomic E-state index is 0.0688. The standard InChI is InChI=1S/C19H19FN2O3/c20-16-3-1-2-14(10-16)11-21-7-5-19(18(21)24)6-8-22(13-19)17(23)15-4-9-25-12-15/h1-4,9-10,12H,5-8,11,13H2/t19-/m1/s1. The fourth-order valence-electron chi connectivity index (χ4n) is 3.89. The summed E-state index contributed by atoms with van der Waals surface area (Å²) in [6.07, 6.45) is 4.31. The lowest BCUT2D eigenvalue weighted by atomic mass is 9.85. The molecule has 4 rings (SSSR count). The van der Waals surface area contributed by atoms with Crippen LogP contribution in [0.1, 0.15) is 28.8 Å². The van der Waals surface area contributed by atoms with Gasteiger partial charge < -0.3 is 14.2 Å². The van der Waals surface area contributed by atoms with E-state index in [-0.39, 0.29) is 17.6 Å². The van der Waals surface area contributed by atoms with Gasteiger partial charge in [0.15, 0.2) is 0 Å². The fraction of sp³-hybridized carbons (Fsp3) is 0.368. The molecule has 2 aromatic rings. The molecule has 0 saturated carbocycles. The number of hydrogen-bond acceptors (Lipinski definition) is 3. The molecule has 2 saturated heterocycles. The highest BCUT2D eigenvalue weighted by Crippen LogP contribution is 2.41. The summed E-state index contributed by atoms with van der Waals surface area (Å²) in [5, 5.41) is 0.